The summed E-state index contributed by atoms with van der Waals surface area (Å²) >= 11 is 0. The van der Waals surface area contributed by atoms with Crippen LogP contribution in [0.3, 0.4) is 0 Å². The van der Waals surface area contributed by atoms with Crippen LogP contribution in [0.4, 0.5) is 0 Å². The monoisotopic (exact) mass is 108 g/mol. The Morgan fingerprint density at radius 1 is 1.62 bits per heavy atom. The van der Waals surface area contributed by atoms with E-state index >= 15 is 0 Å². The van der Waals surface area contributed by atoms with Gasteiger partial charge in [-0.15, -0.1) is 0 Å². The Morgan fingerprint density at radius 3 is 2.38 bits per heavy atom. The third kappa shape index (κ3) is 0.835. The second-order valence-corrected chi connectivity index (χ2v) is 2.61. The first-order valence-corrected chi connectivity index (χ1v) is 3.08. The molecule has 0 bridgehead atoms. The molecule has 1 aliphatic carbocycles. The zero-order chi connectivity index (χ0) is 6.04. The van der Waals surface area contributed by atoms with Gasteiger partial charge < -0.3 is 0 Å². The maximum absolute atomic E-state index is 2.24. The Hall–Kier alpha value is -0.520. The highest BCUT2D eigenvalue weighted by molar-refractivity contribution is 5.19. The second-order valence-electron chi connectivity index (χ2n) is 2.61. The predicted molar refractivity (Wildman–Crippen MR) is 36.7 cm³/mol. The normalized spacial score (nSPS) is 35.8. The minimum atomic E-state index is 0.411. The predicted octanol–water partition coefficient (Wildman–Crippen LogP) is 2.53. The fourth-order valence-electron chi connectivity index (χ4n) is 0.994. The van der Waals surface area contributed by atoms with Crippen LogP contribution in [0.1, 0.15) is 20.3 Å². The zero-order valence-corrected chi connectivity index (χ0v) is 5.52. The molecule has 0 aromatic carbocycles. The molecule has 0 saturated heterocycles. The van der Waals surface area contributed by atoms with Crippen molar-refractivity contribution in [1.29, 1.82) is 0 Å². The van der Waals surface area contributed by atoms with Crippen molar-refractivity contribution in [3.05, 3.63) is 24.3 Å². The van der Waals surface area contributed by atoms with Crippen molar-refractivity contribution in [2.75, 3.05) is 0 Å². The van der Waals surface area contributed by atoms with Gasteiger partial charge in [0.25, 0.3) is 0 Å². The van der Waals surface area contributed by atoms with E-state index in [4.69, 9.17) is 0 Å². The molecule has 0 heterocycles. The van der Waals surface area contributed by atoms with Gasteiger partial charge in [-0.2, -0.15) is 0 Å². The van der Waals surface area contributed by atoms with E-state index in [1.165, 1.54) is 6.42 Å². The van der Waals surface area contributed by atoms with Gasteiger partial charge in [0.2, 0.25) is 0 Å². The molecule has 44 valence electrons. The Balaban J connectivity index is 2.56. The first-order valence-electron chi connectivity index (χ1n) is 3.08. The number of rotatable bonds is 1. The molecule has 0 N–H and O–H groups in total. The summed E-state index contributed by atoms with van der Waals surface area (Å²) in [5.74, 6) is 0. The van der Waals surface area contributed by atoms with Crippen LogP contribution in [0.5, 0.6) is 0 Å². The molecule has 0 aromatic heterocycles. The van der Waals surface area contributed by atoms with E-state index in [2.05, 4.69) is 38.2 Å². The first-order chi connectivity index (χ1) is 3.77. The fraction of sp³-hybridized carbons (Fsp3) is 0.500. The Kier molecular flexibility index (Phi) is 1.24. The van der Waals surface area contributed by atoms with E-state index in [1.807, 2.05) is 0 Å². The van der Waals surface area contributed by atoms with Gasteiger partial charge >= 0.3 is 0 Å². The van der Waals surface area contributed by atoms with Gasteiger partial charge in [0.1, 0.15) is 0 Å². The fourth-order valence-corrected chi connectivity index (χ4v) is 0.994. The highest BCUT2D eigenvalue weighted by Gasteiger charge is 2.20. The average Bonchev–Trinajstić information content (AvgIpc) is 1.64. The van der Waals surface area contributed by atoms with E-state index in [-0.39, 0.29) is 0 Å². The highest BCUT2D eigenvalue weighted by atomic mass is 14.2. The van der Waals surface area contributed by atoms with Crippen molar-refractivity contribution in [2.45, 2.75) is 20.3 Å². The lowest BCUT2D eigenvalue weighted by Gasteiger charge is -2.27. The van der Waals surface area contributed by atoms with E-state index < -0.39 is 0 Å². The summed E-state index contributed by atoms with van der Waals surface area (Å²) in [7, 11) is 0. The molecule has 0 spiro atoms. The molecule has 0 fully saturated rings. The second kappa shape index (κ2) is 1.77. The molecular formula is C8H12. The van der Waals surface area contributed by atoms with E-state index in [9.17, 15) is 0 Å². The largest absolute Gasteiger partial charge is 0.0908 e. The van der Waals surface area contributed by atoms with Crippen LogP contribution in [0.25, 0.3) is 0 Å². The van der Waals surface area contributed by atoms with Crippen molar-refractivity contribution in [3.8, 4) is 0 Å². The Morgan fingerprint density at radius 2 is 2.25 bits per heavy atom. The van der Waals surface area contributed by atoms with Gasteiger partial charge in [-0.05, 0) is 13.3 Å². The van der Waals surface area contributed by atoms with Gasteiger partial charge in [-0.3, -0.25) is 0 Å². The van der Waals surface area contributed by atoms with Crippen molar-refractivity contribution in [3.63, 3.8) is 0 Å². The van der Waals surface area contributed by atoms with Crippen LogP contribution in [0.15, 0.2) is 24.3 Å². The zero-order valence-electron chi connectivity index (χ0n) is 5.52. The molecule has 1 aliphatic rings. The van der Waals surface area contributed by atoms with Gasteiger partial charge in [-0.1, -0.05) is 31.2 Å². The van der Waals surface area contributed by atoms with Gasteiger partial charge in [0, 0.05) is 5.41 Å². The van der Waals surface area contributed by atoms with Crippen LogP contribution in [-0.4, -0.2) is 0 Å². The lowest BCUT2D eigenvalue weighted by Crippen LogP contribution is -2.14. The molecule has 0 radical (unpaired) electrons. The minimum Gasteiger partial charge on any atom is -0.0908 e. The summed E-state index contributed by atoms with van der Waals surface area (Å²) in [4.78, 5) is 0. The first kappa shape index (κ1) is 5.61. The van der Waals surface area contributed by atoms with E-state index in [0.29, 0.717) is 5.41 Å². The van der Waals surface area contributed by atoms with Crippen molar-refractivity contribution in [1.82, 2.24) is 0 Å². The average molecular weight is 108 g/mol. The molecule has 8 heavy (non-hydrogen) atoms. The Labute approximate surface area is 50.9 Å². The standard InChI is InChI=1S/C8H12/c1-3-5-8(2)6-4-7-8/h3-6H,7H2,1-2H3/b5-3-. The minimum absolute atomic E-state index is 0.411. The summed E-state index contributed by atoms with van der Waals surface area (Å²) in [6, 6.07) is 0. The molecule has 0 heteroatoms. The third-order valence-electron chi connectivity index (χ3n) is 1.60. The van der Waals surface area contributed by atoms with Gasteiger partial charge in [0.05, 0.1) is 0 Å². The molecule has 0 amide bonds. The summed E-state index contributed by atoms with van der Waals surface area (Å²) in [6.45, 7) is 4.31. The number of hydrogen-bond acceptors (Lipinski definition) is 0. The van der Waals surface area contributed by atoms with Crippen LogP contribution in [0.2, 0.25) is 0 Å². The quantitative estimate of drug-likeness (QED) is 0.453. The van der Waals surface area contributed by atoms with Crippen LogP contribution >= 0.6 is 0 Å². The van der Waals surface area contributed by atoms with Gasteiger partial charge in [0.15, 0.2) is 0 Å². The summed E-state index contributed by atoms with van der Waals surface area (Å²) in [5.41, 5.74) is 0.411. The molecule has 0 aliphatic heterocycles. The van der Waals surface area contributed by atoms with E-state index in [0.717, 1.165) is 0 Å². The summed E-state index contributed by atoms with van der Waals surface area (Å²) in [5, 5.41) is 0. The highest BCUT2D eigenvalue weighted by Crippen LogP contribution is 2.33. The number of hydrogen-bond donors (Lipinski definition) is 0. The maximum atomic E-state index is 2.24. The van der Waals surface area contributed by atoms with Crippen molar-refractivity contribution in [2.24, 2.45) is 5.41 Å². The van der Waals surface area contributed by atoms with Crippen LogP contribution < -0.4 is 0 Å². The molecule has 0 aromatic rings. The summed E-state index contributed by atoms with van der Waals surface area (Å²) in [6.07, 6.45) is 10.0. The molecular weight excluding hydrogens is 96.1 g/mol. The smallest absolute Gasteiger partial charge is 0.00670 e. The molecule has 1 rings (SSSR count). The van der Waals surface area contributed by atoms with Crippen molar-refractivity contribution < 1.29 is 0 Å². The number of allylic oxidation sites excluding steroid dienone is 4. The van der Waals surface area contributed by atoms with Gasteiger partial charge in [-0.25, -0.2) is 0 Å². The van der Waals surface area contributed by atoms with Crippen LogP contribution in [0, 0.1) is 5.41 Å². The SMILES string of the molecule is C/C=C\C1(C)C=CC1. The molecule has 1 atom stereocenters. The summed E-state index contributed by atoms with van der Waals surface area (Å²) < 4.78 is 0. The van der Waals surface area contributed by atoms with E-state index in [1.54, 1.807) is 0 Å². The van der Waals surface area contributed by atoms with Crippen molar-refractivity contribution >= 4 is 0 Å². The maximum Gasteiger partial charge on any atom is 0.00670 e. The third-order valence-corrected chi connectivity index (χ3v) is 1.60. The topological polar surface area (TPSA) is 0 Å². The molecule has 1 unspecified atom stereocenters. The molecule has 0 nitrogen and oxygen atoms in total. The Bertz CT molecular complexity index is 131. The lowest BCUT2D eigenvalue weighted by molar-refractivity contribution is 0.510. The lowest BCUT2D eigenvalue weighted by atomic mass is 9.78. The molecule has 0 saturated carbocycles. The van der Waals surface area contributed by atoms with Crippen LogP contribution in [-0.2, 0) is 0 Å².